The summed E-state index contributed by atoms with van der Waals surface area (Å²) in [7, 11) is 1.61. The van der Waals surface area contributed by atoms with Gasteiger partial charge >= 0.3 is 0 Å². The summed E-state index contributed by atoms with van der Waals surface area (Å²) in [4.78, 5) is 48.4. The highest BCUT2D eigenvalue weighted by Crippen LogP contribution is 2.33. The van der Waals surface area contributed by atoms with Crippen molar-refractivity contribution in [1.82, 2.24) is 14.9 Å². The van der Waals surface area contributed by atoms with Crippen LogP contribution in [-0.4, -0.2) is 46.0 Å². The monoisotopic (exact) mass is 494 g/mol. The molecule has 176 valence electrons. The number of terminal acetylenes is 1. The van der Waals surface area contributed by atoms with Crippen molar-refractivity contribution in [3.8, 4) is 12.3 Å². The highest BCUT2D eigenvalue weighted by atomic mass is 32.2. The maximum Gasteiger partial charge on any atom is 0.259 e. The maximum atomic E-state index is 12.6. The summed E-state index contributed by atoms with van der Waals surface area (Å²) in [6.07, 6.45) is 9.96. The van der Waals surface area contributed by atoms with Crippen LogP contribution in [0.2, 0.25) is 0 Å². The number of thiophene rings is 1. The summed E-state index contributed by atoms with van der Waals surface area (Å²) < 4.78 is 0. The van der Waals surface area contributed by atoms with Crippen LogP contribution in [0.25, 0.3) is 10.2 Å². The molecular formula is C25H26N4O3S2. The van der Waals surface area contributed by atoms with Crippen LogP contribution in [0, 0.1) is 12.3 Å². The average molecular weight is 495 g/mol. The van der Waals surface area contributed by atoms with Crippen molar-refractivity contribution in [3.05, 3.63) is 56.4 Å². The summed E-state index contributed by atoms with van der Waals surface area (Å²) in [5, 5.41) is 3.51. The van der Waals surface area contributed by atoms with Crippen LogP contribution in [0.4, 0.5) is 5.69 Å². The van der Waals surface area contributed by atoms with Gasteiger partial charge in [0, 0.05) is 35.3 Å². The third kappa shape index (κ3) is 5.69. The highest BCUT2D eigenvalue weighted by Gasteiger charge is 2.20. The molecule has 0 radical (unpaired) electrons. The van der Waals surface area contributed by atoms with Crippen LogP contribution in [0.1, 0.15) is 41.1 Å². The molecule has 0 atom stereocenters. The molecule has 1 aliphatic rings. The number of benzene rings is 1. The second-order valence-electron chi connectivity index (χ2n) is 8.23. The fraction of sp³-hybridized carbons (Fsp3) is 0.360. The lowest BCUT2D eigenvalue weighted by Gasteiger charge is -2.16. The zero-order chi connectivity index (χ0) is 24.1. The van der Waals surface area contributed by atoms with E-state index in [1.54, 1.807) is 42.6 Å². The Balaban J connectivity index is 1.24. The van der Waals surface area contributed by atoms with E-state index in [1.807, 2.05) is 0 Å². The number of anilines is 1. The molecular weight excluding hydrogens is 468 g/mol. The zero-order valence-corrected chi connectivity index (χ0v) is 20.6. The molecule has 0 saturated carbocycles. The number of rotatable bonds is 8. The Hall–Kier alpha value is -3.09. The molecule has 2 heterocycles. The van der Waals surface area contributed by atoms with Gasteiger partial charge in [0.05, 0.1) is 17.7 Å². The van der Waals surface area contributed by atoms with E-state index in [0.29, 0.717) is 35.0 Å². The van der Waals surface area contributed by atoms with E-state index in [-0.39, 0.29) is 23.9 Å². The number of hydrogen-bond donors (Lipinski definition) is 2. The van der Waals surface area contributed by atoms with Crippen molar-refractivity contribution in [2.75, 3.05) is 24.7 Å². The Kier molecular flexibility index (Phi) is 7.70. The molecule has 4 rings (SSSR count). The minimum Gasteiger partial charge on any atom is -0.336 e. The number of nitrogens with one attached hydrogen (secondary N) is 2. The van der Waals surface area contributed by atoms with Gasteiger partial charge in [-0.3, -0.25) is 14.4 Å². The van der Waals surface area contributed by atoms with Crippen molar-refractivity contribution in [1.29, 1.82) is 0 Å². The number of hydrogen-bond acceptors (Lipinski definition) is 6. The highest BCUT2D eigenvalue weighted by molar-refractivity contribution is 7.98. The van der Waals surface area contributed by atoms with Gasteiger partial charge < -0.3 is 15.2 Å². The number of carbonyl (C=O) groups excluding carboxylic acids is 2. The molecule has 2 aromatic heterocycles. The standard InChI is InChI=1S/C25H26N4O3S2/c1-3-16-7-6-8-17(13-16)26-21(30)14-29(2)22(31)11-12-33-15-20-27-24(32)23-18-9-4-5-10-19(18)34-25(23)28-20/h1,6-8,13H,4-5,9-12,14-15H2,2H3,(H,26,30)(H,27,28,32). The number of carbonyl (C=O) groups is 2. The van der Waals surface area contributed by atoms with Crippen LogP contribution < -0.4 is 10.9 Å². The lowest BCUT2D eigenvalue weighted by molar-refractivity contribution is -0.132. The zero-order valence-electron chi connectivity index (χ0n) is 19.0. The van der Waals surface area contributed by atoms with E-state index < -0.39 is 0 Å². The van der Waals surface area contributed by atoms with Crippen LogP contribution in [0.5, 0.6) is 0 Å². The first kappa shape index (κ1) is 24.0. The van der Waals surface area contributed by atoms with E-state index >= 15 is 0 Å². The van der Waals surface area contributed by atoms with E-state index in [9.17, 15) is 14.4 Å². The van der Waals surface area contributed by atoms with Crippen LogP contribution >= 0.6 is 23.1 Å². The molecule has 1 aliphatic carbocycles. The van der Waals surface area contributed by atoms with Crippen molar-refractivity contribution in [2.45, 2.75) is 37.9 Å². The molecule has 0 bridgehead atoms. The summed E-state index contributed by atoms with van der Waals surface area (Å²) in [5.74, 6) is 3.84. The molecule has 2 N–H and O–H groups in total. The number of likely N-dealkylation sites (N-methyl/N-ethyl adjacent to an activating group) is 1. The van der Waals surface area contributed by atoms with E-state index in [4.69, 9.17) is 6.42 Å². The lowest BCUT2D eigenvalue weighted by atomic mass is 9.97. The molecule has 34 heavy (non-hydrogen) atoms. The fourth-order valence-corrected chi connectivity index (χ4v) is 6.06. The molecule has 2 amide bonds. The Morgan fingerprint density at radius 3 is 2.97 bits per heavy atom. The van der Waals surface area contributed by atoms with Crippen molar-refractivity contribution in [2.24, 2.45) is 0 Å². The van der Waals surface area contributed by atoms with Crippen LogP contribution in [-0.2, 0) is 28.2 Å². The number of aromatic amines is 1. The molecule has 0 fully saturated rings. The maximum absolute atomic E-state index is 12.6. The van der Waals surface area contributed by atoms with Crippen molar-refractivity contribution >= 4 is 50.8 Å². The lowest BCUT2D eigenvalue weighted by Crippen LogP contribution is -2.35. The normalized spacial score (nSPS) is 12.7. The predicted molar refractivity (Wildman–Crippen MR) is 138 cm³/mol. The first-order valence-electron chi connectivity index (χ1n) is 11.2. The first-order valence-corrected chi connectivity index (χ1v) is 13.1. The molecule has 0 saturated heterocycles. The van der Waals surface area contributed by atoms with Crippen molar-refractivity contribution < 1.29 is 9.59 Å². The van der Waals surface area contributed by atoms with Gasteiger partial charge in [-0.25, -0.2) is 4.98 Å². The van der Waals surface area contributed by atoms with Gasteiger partial charge in [0.1, 0.15) is 10.7 Å². The average Bonchev–Trinajstić information content (AvgIpc) is 3.20. The third-order valence-electron chi connectivity index (χ3n) is 5.69. The Bertz CT molecular complexity index is 1320. The van der Waals surface area contributed by atoms with E-state index in [0.717, 1.165) is 29.5 Å². The van der Waals surface area contributed by atoms with Gasteiger partial charge in [0.2, 0.25) is 11.8 Å². The number of fused-ring (bicyclic) bond motifs is 3. The van der Waals surface area contributed by atoms with E-state index in [2.05, 4.69) is 21.2 Å². The summed E-state index contributed by atoms with van der Waals surface area (Å²) >= 11 is 3.17. The minimum absolute atomic E-state index is 0.0433. The summed E-state index contributed by atoms with van der Waals surface area (Å²) in [6, 6.07) is 7.00. The smallest absolute Gasteiger partial charge is 0.259 e. The molecule has 0 unspecified atom stereocenters. The summed E-state index contributed by atoms with van der Waals surface area (Å²) in [5.41, 5.74) is 2.39. The van der Waals surface area contributed by atoms with Gasteiger partial charge in [0.15, 0.2) is 0 Å². The molecule has 3 aromatic rings. The number of thioether (sulfide) groups is 1. The SMILES string of the molecule is C#Cc1cccc(NC(=O)CN(C)C(=O)CCSCc2nc3sc4c(c3c(=O)[nH]2)CCCC4)c1. The topological polar surface area (TPSA) is 95.2 Å². The summed E-state index contributed by atoms with van der Waals surface area (Å²) in [6.45, 7) is -0.0433. The Morgan fingerprint density at radius 1 is 1.32 bits per heavy atom. The molecule has 0 aliphatic heterocycles. The van der Waals surface area contributed by atoms with Gasteiger partial charge in [-0.05, 0) is 49.4 Å². The number of aromatic nitrogens is 2. The van der Waals surface area contributed by atoms with Gasteiger partial charge in [-0.15, -0.1) is 17.8 Å². The molecule has 7 nitrogen and oxygen atoms in total. The third-order valence-corrected chi connectivity index (χ3v) is 7.85. The number of aryl methyl sites for hydroxylation is 2. The van der Waals surface area contributed by atoms with Crippen LogP contribution in [0.15, 0.2) is 29.1 Å². The van der Waals surface area contributed by atoms with Crippen LogP contribution in [0.3, 0.4) is 0 Å². The minimum atomic E-state index is -0.286. The van der Waals surface area contributed by atoms with Gasteiger partial charge in [-0.1, -0.05) is 12.0 Å². The first-order chi connectivity index (χ1) is 16.4. The predicted octanol–water partition coefficient (Wildman–Crippen LogP) is 3.57. The number of amides is 2. The molecule has 9 heteroatoms. The second kappa shape index (κ2) is 10.9. The largest absolute Gasteiger partial charge is 0.336 e. The molecule has 0 spiro atoms. The van der Waals surface area contributed by atoms with Crippen molar-refractivity contribution in [3.63, 3.8) is 0 Å². The van der Waals surface area contributed by atoms with Gasteiger partial charge in [-0.2, -0.15) is 11.8 Å². The Morgan fingerprint density at radius 2 is 2.15 bits per heavy atom. The Labute approximate surface area is 206 Å². The number of nitrogens with zero attached hydrogens (tertiary/aromatic N) is 2. The second-order valence-corrected chi connectivity index (χ2v) is 10.4. The molecule has 1 aromatic carbocycles. The quantitative estimate of drug-likeness (QED) is 0.369. The number of H-pyrrole nitrogens is 1. The van der Waals surface area contributed by atoms with Gasteiger partial charge in [0.25, 0.3) is 5.56 Å². The fourth-order valence-electron chi connectivity index (χ4n) is 3.99. The van der Waals surface area contributed by atoms with E-state index in [1.165, 1.54) is 33.5 Å².